The number of nitriles is 1. The Kier molecular flexibility index (Phi) is 3.25. The summed E-state index contributed by atoms with van der Waals surface area (Å²) in [4.78, 5) is 0. The van der Waals surface area contributed by atoms with E-state index in [1.165, 1.54) is 0 Å². The average Bonchev–Trinajstić information content (AvgIpc) is 1.68. The summed E-state index contributed by atoms with van der Waals surface area (Å²) < 4.78 is 11.8. The van der Waals surface area contributed by atoms with Crippen molar-refractivity contribution in [2.45, 2.75) is 12.6 Å². The van der Waals surface area contributed by atoms with Gasteiger partial charge in [0.05, 0.1) is 12.5 Å². The smallest absolute Gasteiger partial charge is 0.125 e. The number of rotatable bonds is 2. The monoisotopic (exact) mass is 102 g/mol. The van der Waals surface area contributed by atoms with Crippen molar-refractivity contribution in [1.29, 1.82) is 5.26 Å². The molecule has 2 N–H and O–H groups in total. The van der Waals surface area contributed by atoms with E-state index in [9.17, 15) is 4.39 Å². The Morgan fingerprint density at radius 1 is 1.86 bits per heavy atom. The van der Waals surface area contributed by atoms with Gasteiger partial charge in [-0.05, 0) is 0 Å². The fraction of sp³-hybridized carbons (Fsp3) is 0.750. The Balaban J connectivity index is 3.03. The van der Waals surface area contributed by atoms with E-state index < -0.39 is 6.17 Å². The zero-order valence-electron chi connectivity index (χ0n) is 3.89. The molecule has 0 aliphatic rings. The second-order valence-corrected chi connectivity index (χ2v) is 1.20. The van der Waals surface area contributed by atoms with E-state index in [-0.39, 0.29) is 13.0 Å². The molecule has 2 nitrogen and oxygen atoms in total. The standard InChI is InChI=1S/C4H7FN2/c5-4(3-7)1-2-6/h4H,1,3,7H2/t4-/m1/s1. The molecule has 0 fully saturated rings. The second kappa shape index (κ2) is 3.57. The van der Waals surface area contributed by atoms with Crippen molar-refractivity contribution in [3.63, 3.8) is 0 Å². The molecule has 0 aromatic heterocycles. The molecule has 0 unspecified atom stereocenters. The van der Waals surface area contributed by atoms with Crippen molar-refractivity contribution in [1.82, 2.24) is 0 Å². The van der Waals surface area contributed by atoms with Crippen LogP contribution in [0.2, 0.25) is 0 Å². The van der Waals surface area contributed by atoms with Gasteiger partial charge in [-0.1, -0.05) is 0 Å². The van der Waals surface area contributed by atoms with Crippen molar-refractivity contribution in [3.05, 3.63) is 0 Å². The van der Waals surface area contributed by atoms with Crippen molar-refractivity contribution < 1.29 is 4.39 Å². The van der Waals surface area contributed by atoms with Crippen LogP contribution in [0.5, 0.6) is 0 Å². The molecule has 3 heteroatoms. The highest BCUT2D eigenvalue weighted by molar-refractivity contribution is 4.75. The first-order chi connectivity index (χ1) is 3.31. The maximum absolute atomic E-state index is 11.8. The molecule has 0 saturated carbocycles. The Morgan fingerprint density at radius 3 is 2.57 bits per heavy atom. The molecule has 7 heavy (non-hydrogen) atoms. The number of halogens is 1. The maximum Gasteiger partial charge on any atom is 0.125 e. The molecule has 0 aromatic carbocycles. The van der Waals surface area contributed by atoms with Gasteiger partial charge in [0.15, 0.2) is 0 Å². The predicted octanol–water partition coefficient (Wildman–Crippen LogP) is 0.197. The van der Waals surface area contributed by atoms with Crippen molar-refractivity contribution in [3.8, 4) is 6.07 Å². The van der Waals surface area contributed by atoms with E-state index in [1.54, 1.807) is 6.07 Å². The van der Waals surface area contributed by atoms with Gasteiger partial charge < -0.3 is 5.73 Å². The molecule has 1 atom stereocenters. The van der Waals surface area contributed by atoms with Crippen LogP contribution in [0.3, 0.4) is 0 Å². The van der Waals surface area contributed by atoms with E-state index in [2.05, 4.69) is 0 Å². The van der Waals surface area contributed by atoms with Gasteiger partial charge in [-0.2, -0.15) is 5.26 Å². The fourth-order valence-corrected chi connectivity index (χ4v) is 0.182. The lowest BCUT2D eigenvalue weighted by Crippen LogP contribution is -2.13. The van der Waals surface area contributed by atoms with Gasteiger partial charge in [-0.15, -0.1) is 0 Å². The number of hydrogen-bond donors (Lipinski definition) is 1. The Labute approximate surface area is 41.7 Å². The molecular formula is C4H7FN2. The first-order valence-corrected chi connectivity index (χ1v) is 2.02. The van der Waals surface area contributed by atoms with Gasteiger partial charge in [0.2, 0.25) is 0 Å². The minimum Gasteiger partial charge on any atom is -0.328 e. The normalized spacial score (nSPS) is 12.7. The molecule has 0 saturated heterocycles. The summed E-state index contributed by atoms with van der Waals surface area (Å²) in [6, 6.07) is 1.66. The molecule has 0 aliphatic carbocycles. The summed E-state index contributed by atoms with van der Waals surface area (Å²) in [5, 5.41) is 7.82. The number of alkyl halides is 1. The third-order valence-electron chi connectivity index (χ3n) is 0.569. The van der Waals surface area contributed by atoms with E-state index in [1.807, 2.05) is 0 Å². The van der Waals surface area contributed by atoms with Crippen LogP contribution in [0.1, 0.15) is 6.42 Å². The largest absolute Gasteiger partial charge is 0.328 e. The van der Waals surface area contributed by atoms with Gasteiger partial charge in [0, 0.05) is 6.54 Å². The van der Waals surface area contributed by atoms with Crippen LogP contribution in [-0.4, -0.2) is 12.7 Å². The summed E-state index contributed by atoms with van der Waals surface area (Å²) in [6.45, 7) is -0.0481. The lowest BCUT2D eigenvalue weighted by molar-refractivity contribution is 0.348. The van der Waals surface area contributed by atoms with Gasteiger partial charge >= 0.3 is 0 Å². The van der Waals surface area contributed by atoms with E-state index >= 15 is 0 Å². The molecule has 0 aliphatic heterocycles. The van der Waals surface area contributed by atoms with E-state index in [0.29, 0.717) is 0 Å². The summed E-state index contributed by atoms with van der Waals surface area (Å²) in [6.07, 6.45) is -1.22. The van der Waals surface area contributed by atoms with Crippen molar-refractivity contribution >= 4 is 0 Å². The molecule has 0 amide bonds. The molecule has 0 radical (unpaired) electrons. The summed E-state index contributed by atoms with van der Waals surface area (Å²) in [7, 11) is 0. The summed E-state index contributed by atoms with van der Waals surface area (Å²) in [5.74, 6) is 0. The molecule has 0 spiro atoms. The average molecular weight is 102 g/mol. The van der Waals surface area contributed by atoms with Crippen LogP contribution in [0.4, 0.5) is 4.39 Å². The Bertz CT molecular complexity index is 76.2. The number of nitrogens with zero attached hydrogens (tertiary/aromatic N) is 1. The van der Waals surface area contributed by atoms with Crippen LogP contribution in [-0.2, 0) is 0 Å². The lowest BCUT2D eigenvalue weighted by Gasteiger charge is -1.92. The fourth-order valence-electron chi connectivity index (χ4n) is 0.182. The van der Waals surface area contributed by atoms with Crippen LogP contribution in [0.25, 0.3) is 0 Å². The third kappa shape index (κ3) is 3.20. The summed E-state index contributed by atoms with van der Waals surface area (Å²) in [5.41, 5.74) is 4.83. The SMILES string of the molecule is N#CC[C@@H](F)CN. The maximum atomic E-state index is 11.8. The zero-order valence-corrected chi connectivity index (χ0v) is 3.89. The predicted molar refractivity (Wildman–Crippen MR) is 24.2 cm³/mol. The molecule has 0 bridgehead atoms. The first-order valence-electron chi connectivity index (χ1n) is 2.02. The van der Waals surface area contributed by atoms with Crippen LogP contribution in [0, 0.1) is 11.3 Å². The zero-order chi connectivity index (χ0) is 5.70. The molecule has 40 valence electrons. The number of nitrogens with two attached hydrogens (primary N) is 1. The second-order valence-electron chi connectivity index (χ2n) is 1.20. The topological polar surface area (TPSA) is 49.8 Å². The van der Waals surface area contributed by atoms with Crippen molar-refractivity contribution in [2.24, 2.45) is 5.73 Å². The summed E-state index contributed by atoms with van der Waals surface area (Å²) >= 11 is 0. The molecule has 0 rings (SSSR count). The van der Waals surface area contributed by atoms with Crippen molar-refractivity contribution in [2.75, 3.05) is 6.54 Å². The minimum atomic E-state index is -1.13. The highest BCUT2D eigenvalue weighted by Gasteiger charge is 1.98. The quantitative estimate of drug-likeness (QED) is 0.541. The Hall–Kier alpha value is -0.620. The minimum absolute atomic E-state index is 0.0481. The molecular weight excluding hydrogens is 95.1 g/mol. The van der Waals surface area contributed by atoms with Gasteiger partial charge in [0.25, 0.3) is 0 Å². The van der Waals surface area contributed by atoms with E-state index in [0.717, 1.165) is 0 Å². The van der Waals surface area contributed by atoms with Crippen LogP contribution >= 0.6 is 0 Å². The van der Waals surface area contributed by atoms with Crippen LogP contribution < -0.4 is 5.73 Å². The Morgan fingerprint density at radius 2 is 2.43 bits per heavy atom. The van der Waals surface area contributed by atoms with E-state index in [4.69, 9.17) is 11.0 Å². The third-order valence-corrected chi connectivity index (χ3v) is 0.569. The molecule has 0 heterocycles. The highest BCUT2D eigenvalue weighted by atomic mass is 19.1. The molecule has 0 aromatic rings. The lowest BCUT2D eigenvalue weighted by atomic mass is 10.3. The first kappa shape index (κ1) is 6.38. The van der Waals surface area contributed by atoms with Crippen LogP contribution in [0.15, 0.2) is 0 Å². The highest BCUT2D eigenvalue weighted by Crippen LogP contribution is 1.90. The number of hydrogen-bond acceptors (Lipinski definition) is 2. The van der Waals surface area contributed by atoms with Gasteiger partial charge in [-0.3, -0.25) is 0 Å². The van der Waals surface area contributed by atoms with Gasteiger partial charge in [-0.25, -0.2) is 4.39 Å². The van der Waals surface area contributed by atoms with Gasteiger partial charge in [0.1, 0.15) is 6.17 Å².